The molecule has 0 saturated heterocycles. The van der Waals surface area contributed by atoms with Crippen LogP contribution >= 0.6 is 0 Å². The van der Waals surface area contributed by atoms with Gasteiger partial charge < -0.3 is 10.6 Å². The molecule has 0 saturated carbocycles. The van der Waals surface area contributed by atoms with Gasteiger partial charge in [-0.25, -0.2) is 4.39 Å². The first-order valence-corrected chi connectivity index (χ1v) is 6.36. The van der Waals surface area contributed by atoms with E-state index in [1.54, 1.807) is 18.5 Å². The number of hydrogen-bond donors (Lipinski definition) is 1. The van der Waals surface area contributed by atoms with E-state index in [1.807, 2.05) is 25.1 Å². The molecule has 0 aliphatic carbocycles. The highest BCUT2D eigenvalue weighted by atomic mass is 19.1. The van der Waals surface area contributed by atoms with E-state index < -0.39 is 0 Å². The first-order chi connectivity index (χ1) is 9.22. The molecule has 100 valence electrons. The van der Waals surface area contributed by atoms with Gasteiger partial charge >= 0.3 is 0 Å². The minimum Gasteiger partial charge on any atom is -0.367 e. The predicted molar refractivity (Wildman–Crippen MR) is 75.3 cm³/mol. The van der Waals surface area contributed by atoms with Crippen LogP contribution in [-0.2, 0) is 13.1 Å². The Balaban J connectivity index is 2.24. The van der Waals surface area contributed by atoms with Gasteiger partial charge in [0.25, 0.3) is 0 Å². The van der Waals surface area contributed by atoms with E-state index in [-0.39, 0.29) is 5.82 Å². The quantitative estimate of drug-likeness (QED) is 0.897. The molecule has 1 aromatic heterocycles. The van der Waals surface area contributed by atoms with Crippen molar-refractivity contribution in [2.24, 2.45) is 5.73 Å². The first-order valence-electron chi connectivity index (χ1n) is 6.36. The number of halogens is 1. The SMILES string of the molecule is CCN(Cc1ccncc1)c1cc(F)cc(CN)c1. The summed E-state index contributed by atoms with van der Waals surface area (Å²) >= 11 is 0. The lowest BCUT2D eigenvalue weighted by Crippen LogP contribution is -2.22. The smallest absolute Gasteiger partial charge is 0.125 e. The Bertz CT molecular complexity index is 528. The largest absolute Gasteiger partial charge is 0.367 e. The molecule has 19 heavy (non-hydrogen) atoms. The molecule has 0 atom stereocenters. The van der Waals surface area contributed by atoms with E-state index in [4.69, 9.17) is 5.73 Å². The van der Waals surface area contributed by atoms with E-state index in [0.29, 0.717) is 6.54 Å². The molecule has 2 N–H and O–H groups in total. The van der Waals surface area contributed by atoms with Gasteiger partial charge in [-0.15, -0.1) is 0 Å². The van der Waals surface area contributed by atoms with Gasteiger partial charge in [0.15, 0.2) is 0 Å². The molecule has 0 aliphatic rings. The van der Waals surface area contributed by atoms with Crippen LogP contribution in [0, 0.1) is 5.82 Å². The number of nitrogens with two attached hydrogens (primary N) is 1. The van der Waals surface area contributed by atoms with E-state index in [0.717, 1.165) is 29.9 Å². The van der Waals surface area contributed by atoms with Crippen LogP contribution in [0.3, 0.4) is 0 Å². The lowest BCUT2D eigenvalue weighted by molar-refractivity contribution is 0.624. The summed E-state index contributed by atoms with van der Waals surface area (Å²) in [6.07, 6.45) is 3.53. The maximum absolute atomic E-state index is 13.6. The highest BCUT2D eigenvalue weighted by Crippen LogP contribution is 2.20. The van der Waals surface area contributed by atoms with Crippen molar-refractivity contribution in [1.29, 1.82) is 0 Å². The van der Waals surface area contributed by atoms with Crippen LogP contribution in [0.25, 0.3) is 0 Å². The van der Waals surface area contributed by atoms with Crippen molar-refractivity contribution in [2.75, 3.05) is 11.4 Å². The number of hydrogen-bond acceptors (Lipinski definition) is 3. The highest BCUT2D eigenvalue weighted by Gasteiger charge is 2.08. The third-order valence-electron chi connectivity index (χ3n) is 3.05. The molecular formula is C15H18FN3. The van der Waals surface area contributed by atoms with Crippen LogP contribution in [0.5, 0.6) is 0 Å². The topological polar surface area (TPSA) is 42.2 Å². The Morgan fingerprint density at radius 2 is 1.89 bits per heavy atom. The maximum Gasteiger partial charge on any atom is 0.125 e. The van der Waals surface area contributed by atoms with Crippen molar-refractivity contribution >= 4 is 5.69 Å². The van der Waals surface area contributed by atoms with Gasteiger partial charge in [-0.3, -0.25) is 4.98 Å². The number of anilines is 1. The van der Waals surface area contributed by atoms with Gasteiger partial charge in [-0.05, 0) is 48.4 Å². The minimum atomic E-state index is -0.244. The molecule has 0 radical (unpaired) electrons. The summed E-state index contributed by atoms with van der Waals surface area (Å²) < 4.78 is 13.6. The maximum atomic E-state index is 13.6. The standard InChI is InChI=1S/C15H18FN3/c1-2-19(11-12-3-5-18-6-4-12)15-8-13(10-17)7-14(16)9-15/h3-9H,2,10-11,17H2,1H3. The lowest BCUT2D eigenvalue weighted by Gasteiger charge is -2.24. The van der Waals surface area contributed by atoms with Crippen molar-refractivity contribution < 1.29 is 4.39 Å². The van der Waals surface area contributed by atoms with Crippen LogP contribution in [0.1, 0.15) is 18.1 Å². The van der Waals surface area contributed by atoms with Gasteiger partial charge in [-0.2, -0.15) is 0 Å². The molecule has 0 aliphatic heterocycles. The summed E-state index contributed by atoms with van der Waals surface area (Å²) in [6, 6.07) is 8.89. The van der Waals surface area contributed by atoms with Crippen LogP contribution in [-0.4, -0.2) is 11.5 Å². The summed E-state index contributed by atoms with van der Waals surface area (Å²) in [5.74, 6) is -0.244. The van der Waals surface area contributed by atoms with E-state index in [9.17, 15) is 4.39 Å². The number of rotatable bonds is 5. The average molecular weight is 259 g/mol. The Hall–Kier alpha value is -1.94. The zero-order chi connectivity index (χ0) is 13.7. The summed E-state index contributed by atoms with van der Waals surface area (Å²) in [4.78, 5) is 6.11. The molecule has 4 heteroatoms. The Morgan fingerprint density at radius 1 is 1.16 bits per heavy atom. The van der Waals surface area contributed by atoms with E-state index in [2.05, 4.69) is 9.88 Å². The second kappa shape index (κ2) is 6.29. The van der Waals surface area contributed by atoms with Crippen molar-refractivity contribution in [3.05, 3.63) is 59.7 Å². The summed E-state index contributed by atoms with van der Waals surface area (Å²) in [7, 11) is 0. The zero-order valence-electron chi connectivity index (χ0n) is 11.0. The molecular weight excluding hydrogens is 241 g/mol. The third-order valence-corrected chi connectivity index (χ3v) is 3.05. The molecule has 0 amide bonds. The van der Waals surface area contributed by atoms with Crippen LogP contribution in [0.2, 0.25) is 0 Å². The second-order valence-corrected chi connectivity index (χ2v) is 4.39. The molecule has 0 fully saturated rings. The highest BCUT2D eigenvalue weighted by molar-refractivity contribution is 5.49. The molecule has 0 spiro atoms. The molecule has 0 bridgehead atoms. The van der Waals surface area contributed by atoms with Crippen molar-refractivity contribution in [3.63, 3.8) is 0 Å². The van der Waals surface area contributed by atoms with Gasteiger partial charge in [-0.1, -0.05) is 0 Å². The number of aromatic nitrogens is 1. The zero-order valence-corrected chi connectivity index (χ0v) is 11.0. The number of benzene rings is 1. The lowest BCUT2D eigenvalue weighted by atomic mass is 10.1. The Kier molecular flexibility index (Phi) is 4.47. The molecule has 2 aromatic rings. The summed E-state index contributed by atoms with van der Waals surface area (Å²) in [5, 5.41) is 0. The van der Waals surface area contributed by atoms with Crippen LogP contribution < -0.4 is 10.6 Å². The van der Waals surface area contributed by atoms with Crippen molar-refractivity contribution in [2.45, 2.75) is 20.0 Å². The van der Waals surface area contributed by atoms with E-state index in [1.165, 1.54) is 6.07 Å². The third kappa shape index (κ3) is 3.51. The van der Waals surface area contributed by atoms with Gasteiger partial charge in [0, 0.05) is 37.7 Å². The summed E-state index contributed by atoms with van der Waals surface area (Å²) in [6.45, 7) is 3.92. The molecule has 1 heterocycles. The fourth-order valence-corrected chi connectivity index (χ4v) is 2.03. The monoisotopic (exact) mass is 259 g/mol. The molecule has 0 unspecified atom stereocenters. The fourth-order valence-electron chi connectivity index (χ4n) is 2.03. The second-order valence-electron chi connectivity index (χ2n) is 4.39. The number of nitrogens with zero attached hydrogens (tertiary/aromatic N) is 2. The minimum absolute atomic E-state index is 0.244. The Labute approximate surface area is 112 Å². The van der Waals surface area contributed by atoms with Crippen molar-refractivity contribution in [1.82, 2.24) is 4.98 Å². The van der Waals surface area contributed by atoms with Gasteiger partial charge in [0.2, 0.25) is 0 Å². The Morgan fingerprint density at radius 3 is 2.53 bits per heavy atom. The van der Waals surface area contributed by atoms with E-state index >= 15 is 0 Å². The average Bonchev–Trinajstić information content (AvgIpc) is 2.45. The summed E-state index contributed by atoms with van der Waals surface area (Å²) in [5.41, 5.74) is 8.41. The van der Waals surface area contributed by atoms with Crippen LogP contribution in [0.15, 0.2) is 42.7 Å². The molecule has 2 rings (SSSR count). The molecule has 3 nitrogen and oxygen atoms in total. The van der Waals surface area contributed by atoms with Crippen molar-refractivity contribution in [3.8, 4) is 0 Å². The van der Waals surface area contributed by atoms with Gasteiger partial charge in [0.1, 0.15) is 5.82 Å². The predicted octanol–water partition coefficient (Wildman–Crippen LogP) is 2.71. The number of pyridine rings is 1. The normalized spacial score (nSPS) is 10.5. The van der Waals surface area contributed by atoms with Gasteiger partial charge in [0.05, 0.1) is 0 Å². The first kappa shape index (κ1) is 13.5. The molecule has 1 aromatic carbocycles. The fraction of sp³-hybridized carbons (Fsp3) is 0.267. The van der Waals surface area contributed by atoms with Crippen LogP contribution in [0.4, 0.5) is 10.1 Å².